The van der Waals surface area contributed by atoms with E-state index in [0.29, 0.717) is 5.41 Å². The fraction of sp³-hybridized carbons (Fsp3) is 0.615. The minimum Gasteiger partial charge on any atom is -0.355 e. The zero-order valence-electron chi connectivity index (χ0n) is 9.45. The second-order valence-electron chi connectivity index (χ2n) is 5.25. The molecule has 0 atom stereocenters. The third-order valence-electron chi connectivity index (χ3n) is 4.00. The first-order valence-corrected chi connectivity index (χ1v) is 7.22. The number of hydrogen-bond acceptors (Lipinski definition) is 2. The Bertz CT molecular complexity index is 360. The molecule has 2 nitrogen and oxygen atoms in total. The molecule has 1 aliphatic heterocycles. The predicted octanol–water partition coefficient (Wildman–Crippen LogP) is 3.46. The molecule has 1 aromatic heterocycles. The Morgan fingerprint density at radius 3 is 2.50 bits per heavy atom. The van der Waals surface area contributed by atoms with Crippen LogP contribution in [-0.2, 0) is 0 Å². The summed E-state index contributed by atoms with van der Waals surface area (Å²) in [5.74, 6) is 1.16. The van der Waals surface area contributed by atoms with Gasteiger partial charge in [0.1, 0.15) is 5.82 Å². The third kappa shape index (κ3) is 1.94. The van der Waals surface area contributed by atoms with Crippen molar-refractivity contribution >= 4 is 28.4 Å². The van der Waals surface area contributed by atoms with Crippen LogP contribution in [0.15, 0.2) is 18.3 Å². The van der Waals surface area contributed by atoms with Gasteiger partial charge in [-0.3, -0.25) is 0 Å². The predicted molar refractivity (Wildman–Crippen MR) is 74.7 cm³/mol. The molecule has 0 bridgehead atoms. The molecule has 0 unspecified atom stereocenters. The lowest BCUT2D eigenvalue weighted by molar-refractivity contribution is 0.138. The second kappa shape index (κ2) is 4.17. The summed E-state index contributed by atoms with van der Waals surface area (Å²) in [6.45, 7) is 2.47. The summed E-state index contributed by atoms with van der Waals surface area (Å²) in [6.07, 6.45) is 9.16. The zero-order chi connectivity index (χ0) is 11.0. The molecule has 2 fully saturated rings. The highest BCUT2D eigenvalue weighted by Crippen LogP contribution is 2.44. The van der Waals surface area contributed by atoms with Gasteiger partial charge in [0.2, 0.25) is 0 Å². The summed E-state index contributed by atoms with van der Waals surface area (Å²) in [6, 6.07) is 4.30. The molecule has 0 aromatic carbocycles. The largest absolute Gasteiger partial charge is 0.355 e. The van der Waals surface area contributed by atoms with E-state index in [1.165, 1.54) is 48.8 Å². The van der Waals surface area contributed by atoms with Crippen LogP contribution >= 0.6 is 22.6 Å². The van der Waals surface area contributed by atoms with Crippen LogP contribution in [0.1, 0.15) is 32.1 Å². The van der Waals surface area contributed by atoms with E-state index in [-0.39, 0.29) is 0 Å². The van der Waals surface area contributed by atoms with Crippen molar-refractivity contribution in [1.29, 1.82) is 0 Å². The monoisotopic (exact) mass is 328 g/mol. The number of aromatic nitrogens is 1. The van der Waals surface area contributed by atoms with E-state index in [2.05, 4.69) is 44.6 Å². The lowest BCUT2D eigenvalue weighted by Crippen LogP contribution is -2.57. The first-order chi connectivity index (χ1) is 7.77. The van der Waals surface area contributed by atoms with Crippen molar-refractivity contribution in [2.45, 2.75) is 32.1 Å². The SMILES string of the molecule is Ic1ccc(N2CC3(CCCCC3)C2)nc1. The molecule has 3 heteroatoms. The highest BCUT2D eigenvalue weighted by molar-refractivity contribution is 14.1. The van der Waals surface area contributed by atoms with Crippen LogP contribution < -0.4 is 4.90 Å². The molecule has 1 aromatic rings. The van der Waals surface area contributed by atoms with E-state index in [4.69, 9.17) is 0 Å². The van der Waals surface area contributed by atoms with Crippen molar-refractivity contribution in [3.8, 4) is 0 Å². The maximum absolute atomic E-state index is 4.50. The van der Waals surface area contributed by atoms with Crippen LogP contribution in [0.2, 0.25) is 0 Å². The van der Waals surface area contributed by atoms with Gasteiger partial charge in [-0.05, 0) is 47.6 Å². The molecule has 0 N–H and O–H groups in total. The summed E-state index contributed by atoms with van der Waals surface area (Å²) < 4.78 is 1.22. The number of anilines is 1. The van der Waals surface area contributed by atoms with Crippen molar-refractivity contribution in [3.63, 3.8) is 0 Å². The number of pyridine rings is 1. The molecule has 1 saturated heterocycles. The minimum atomic E-state index is 0.656. The standard InChI is InChI=1S/C13H17IN2/c14-11-4-5-12(15-8-11)16-9-13(10-16)6-2-1-3-7-13/h4-5,8H,1-3,6-7,9-10H2. The van der Waals surface area contributed by atoms with Crippen molar-refractivity contribution in [3.05, 3.63) is 21.9 Å². The summed E-state index contributed by atoms with van der Waals surface area (Å²) in [7, 11) is 0. The molecule has 0 radical (unpaired) electrons. The summed E-state index contributed by atoms with van der Waals surface area (Å²) in [5, 5.41) is 0. The van der Waals surface area contributed by atoms with Gasteiger partial charge in [-0.15, -0.1) is 0 Å². The molecule has 2 aliphatic rings. The third-order valence-corrected chi connectivity index (χ3v) is 4.64. The average Bonchev–Trinajstić information content (AvgIpc) is 2.28. The van der Waals surface area contributed by atoms with E-state index in [1.807, 2.05) is 6.20 Å². The highest BCUT2D eigenvalue weighted by atomic mass is 127. The van der Waals surface area contributed by atoms with Gasteiger partial charge in [0.15, 0.2) is 0 Å². The molecule has 86 valence electrons. The van der Waals surface area contributed by atoms with Gasteiger partial charge in [0, 0.05) is 28.3 Å². The van der Waals surface area contributed by atoms with Gasteiger partial charge in [0.05, 0.1) is 0 Å². The number of rotatable bonds is 1. The normalized spacial score (nSPS) is 23.2. The Morgan fingerprint density at radius 1 is 1.12 bits per heavy atom. The number of halogens is 1. The van der Waals surface area contributed by atoms with Gasteiger partial charge in [-0.1, -0.05) is 19.3 Å². The van der Waals surface area contributed by atoms with Crippen LogP contribution in [0.5, 0.6) is 0 Å². The first kappa shape index (κ1) is 10.8. The Morgan fingerprint density at radius 2 is 1.88 bits per heavy atom. The zero-order valence-corrected chi connectivity index (χ0v) is 11.6. The topological polar surface area (TPSA) is 16.1 Å². The summed E-state index contributed by atoms with van der Waals surface area (Å²) >= 11 is 2.31. The van der Waals surface area contributed by atoms with Gasteiger partial charge in [-0.25, -0.2) is 4.98 Å². The van der Waals surface area contributed by atoms with E-state index in [1.54, 1.807) is 0 Å². The molecule has 1 saturated carbocycles. The van der Waals surface area contributed by atoms with Crippen molar-refractivity contribution in [1.82, 2.24) is 4.98 Å². The average molecular weight is 328 g/mol. The molecule has 0 amide bonds. The Balaban J connectivity index is 1.66. The lowest BCUT2D eigenvalue weighted by atomic mass is 9.69. The minimum absolute atomic E-state index is 0.656. The quantitative estimate of drug-likeness (QED) is 0.734. The lowest BCUT2D eigenvalue weighted by Gasteiger charge is -2.53. The molecular weight excluding hydrogens is 311 g/mol. The van der Waals surface area contributed by atoms with E-state index >= 15 is 0 Å². The van der Waals surface area contributed by atoms with Crippen LogP contribution in [-0.4, -0.2) is 18.1 Å². The maximum atomic E-state index is 4.50. The number of hydrogen-bond donors (Lipinski definition) is 0. The van der Waals surface area contributed by atoms with Crippen molar-refractivity contribution in [2.24, 2.45) is 5.41 Å². The molecular formula is C13H17IN2. The van der Waals surface area contributed by atoms with Crippen molar-refractivity contribution < 1.29 is 0 Å². The fourth-order valence-electron chi connectivity index (χ4n) is 3.10. The van der Waals surface area contributed by atoms with Gasteiger partial charge >= 0.3 is 0 Å². The fourth-order valence-corrected chi connectivity index (χ4v) is 3.42. The summed E-state index contributed by atoms with van der Waals surface area (Å²) in [4.78, 5) is 6.93. The summed E-state index contributed by atoms with van der Waals surface area (Å²) in [5.41, 5.74) is 0.656. The van der Waals surface area contributed by atoms with Crippen LogP contribution in [0, 0.1) is 8.99 Å². The van der Waals surface area contributed by atoms with E-state index in [0.717, 1.165) is 5.82 Å². The highest BCUT2D eigenvalue weighted by Gasteiger charge is 2.43. The van der Waals surface area contributed by atoms with Gasteiger partial charge < -0.3 is 4.90 Å². The van der Waals surface area contributed by atoms with E-state index < -0.39 is 0 Å². The first-order valence-electron chi connectivity index (χ1n) is 6.14. The Labute approximate surface area is 111 Å². The molecule has 1 spiro atoms. The second-order valence-corrected chi connectivity index (χ2v) is 6.50. The van der Waals surface area contributed by atoms with Crippen molar-refractivity contribution in [2.75, 3.05) is 18.0 Å². The molecule has 3 rings (SSSR count). The Kier molecular flexibility index (Phi) is 2.81. The molecule has 1 aliphatic carbocycles. The van der Waals surface area contributed by atoms with Crippen LogP contribution in [0.4, 0.5) is 5.82 Å². The Hall–Kier alpha value is -0.320. The maximum Gasteiger partial charge on any atom is 0.128 e. The van der Waals surface area contributed by atoms with E-state index in [9.17, 15) is 0 Å². The molecule has 2 heterocycles. The smallest absolute Gasteiger partial charge is 0.128 e. The number of nitrogens with zero attached hydrogens (tertiary/aromatic N) is 2. The van der Waals surface area contributed by atoms with Gasteiger partial charge in [-0.2, -0.15) is 0 Å². The van der Waals surface area contributed by atoms with Crippen LogP contribution in [0.3, 0.4) is 0 Å². The van der Waals surface area contributed by atoms with Gasteiger partial charge in [0.25, 0.3) is 0 Å². The van der Waals surface area contributed by atoms with Crippen LogP contribution in [0.25, 0.3) is 0 Å². The molecule has 16 heavy (non-hydrogen) atoms.